The summed E-state index contributed by atoms with van der Waals surface area (Å²) in [5.41, 5.74) is 13.9. The summed E-state index contributed by atoms with van der Waals surface area (Å²) >= 11 is 1.94. The first kappa shape index (κ1) is 35.2. The van der Waals surface area contributed by atoms with Crippen molar-refractivity contribution in [2.45, 2.75) is 19.3 Å². The predicted octanol–water partition coefficient (Wildman–Crippen LogP) is 12.9. The van der Waals surface area contributed by atoms with E-state index in [4.69, 9.17) is 0 Å². The number of hydrogen-bond acceptors (Lipinski definition) is 2. The third kappa shape index (κ3) is 5.03. The van der Waals surface area contributed by atoms with Crippen LogP contribution in [0.3, 0.4) is 0 Å². The molecule has 0 saturated heterocycles. The maximum absolute atomic E-state index is 2.84. The fourth-order valence-electron chi connectivity index (χ4n) is 10.6. The molecular formula is C57H41NSSi. The third-order valence-electron chi connectivity index (χ3n) is 13.3. The van der Waals surface area contributed by atoms with Gasteiger partial charge in [0.25, 0.3) is 0 Å². The fraction of sp³-hybridized carbons (Fsp3) is 0.0526. The van der Waals surface area contributed by atoms with Crippen molar-refractivity contribution in [2.24, 2.45) is 0 Å². The van der Waals surface area contributed by atoms with Gasteiger partial charge in [-0.05, 0) is 108 Å². The second kappa shape index (κ2) is 13.4. The number of fused-ring (bicyclic) bond motifs is 10. The first-order valence-electron chi connectivity index (χ1n) is 20.9. The van der Waals surface area contributed by atoms with Crippen molar-refractivity contribution < 1.29 is 0 Å². The maximum atomic E-state index is 2.57. The highest BCUT2D eigenvalue weighted by atomic mass is 32.1. The number of hydrogen-bond donors (Lipinski definition) is 0. The zero-order valence-electron chi connectivity index (χ0n) is 33.6. The van der Waals surface area contributed by atoms with E-state index >= 15 is 0 Å². The van der Waals surface area contributed by atoms with Crippen molar-refractivity contribution in [3.05, 3.63) is 223 Å². The molecule has 1 nitrogen and oxygen atoms in total. The number of benzene rings is 9. The van der Waals surface area contributed by atoms with Gasteiger partial charge < -0.3 is 4.90 Å². The van der Waals surface area contributed by atoms with Crippen molar-refractivity contribution >= 4 is 77.4 Å². The largest absolute Gasteiger partial charge is 0.310 e. The van der Waals surface area contributed by atoms with Crippen molar-refractivity contribution in [1.29, 1.82) is 0 Å². The summed E-state index contributed by atoms with van der Waals surface area (Å²) in [7, 11) is -2.84. The molecule has 0 amide bonds. The van der Waals surface area contributed by atoms with Gasteiger partial charge in [-0.15, -0.1) is 11.3 Å². The van der Waals surface area contributed by atoms with Gasteiger partial charge in [0.05, 0.1) is 0 Å². The van der Waals surface area contributed by atoms with Gasteiger partial charge in [-0.2, -0.15) is 0 Å². The molecule has 9 aromatic carbocycles. The highest BCUT2D eigenvalue weighted by Gasteiger charge is 2.50. The molecule has 1 aliphatic heterocycles. The number of rotatable bonds is 6. The molecule has 0 spiro atoms. The molecule has 1 aliphatic carbocycles. The van der Waals surface area contributed by atoms with Crippen molar-refractivity contribution in [3.63, 3.8) is 0 Å². The van der Waals surface area contributed by atoms with E-state index in [0.29, 0.717) is 0 Å². The summed E-state index contributed by atoms with van der Waals surface area (Å²) in [5, 5.41) is 8.41. The summed E-state index contributed by atoms with van der Waals surface area (Å²) in [4.78, 5) is 2.51. The van der Waals surface area contributed by atoms with Crippen molar-refractivity contribution in [3.8, 4) is 33.4 Å². The van der Waals surface area contributed by atoms with Crippen molar-refractivity contribution in [1.82, 2.24) is 0 Å². The number of anilines is 3. The van der Waals surface area contributed by atoms with Crippen LogP contribution in [0.5, 0.6) is 0 Å². The quantitative estimate of drug-likeness (QED) is 0.151. The second-order valence-electron chi connectivity index (χ2n) is 16.8. The SMILES string of the molecule is CC1(C)c2ccccc2-c2ccc(N(c3cccc(-c4ccccc4)c3)c3ccc4c(c3)[Si](c3ccccc3)(c3ccccc3)c3ccc5c(sc6ccccc65)c3-4)cc21. The van der Waals surface area contributed by atoms with Crippen LogP contribution in [-0.4, -0.2) is 8.07 Å². The molecule has 0 fully saturated rings. The van der Waals surface area contributed by atoms with Crippen LogP contribution in [-0.2, 0) is 5.41 Å². The summed E-state index contributed by atoms with van der Waals surface area (Å²) in [6.07, 6.45) is 0. The molecule has 12 rings (SSSR count). The van der Waals surface area contributed by atoms with E-state index in [1.807, 2.05) is 11.3 Å². The Morgan fingerprint density at radius 1 is 0.417 bits per heavy atom. The molecule has 10 aromatic rings. The molecule has 0 bridgehead atoms. The van der Waals surface area contributed by atoms with Crippen LogP contribution in [0.25, 0.3) is 53.6 Å². The van der Waals surface area contributed by atoms with Crippen LogP contribution < -0.4 is 25.6 Å². The van der Waals surface area contributed by atoms with Gasteiger partial charge in [-0.1, -0.05) is 184 Å². The molecule has 2 heterocycles. The Kier molecular flexibility index (Phi) is 7.84. The second-order valence-corrected chi connectivity index (χ2v) is 21.6. The Morgan fingerprint density at radius 2 is 1.02 bits per heavy atom. The molecule has 2 aliphatic rings. The molecule has 3 heteroatoms. The molecular weight excluding hydrogens is 759 g/mol. The van der Waals surface area contributed by atoms with Crippen LogP contribution in [0.1, 0.15) is 25.0 Å². The van der Waals surface area contributed by atoms with Gasteiger partial charge in [0.2, 0.25) is 0 Å². The average molecular weight is 800 g/mol. The number of nitrogens with zero attached hydrogens (tertiary/aromatic N) is 1. The van der Waals surface area contributed by atoms with Gasteiger partial charge in [0.15, 0.2) is 8.07 Å². The lowest BCUT2D eigenvalue weighted by molar-refractivity contribution is 0.660. The van der Waals surface area contributed by atoms with Gasteiger partial charge in [0, 0.05) is 42.6 Å². The van der Waals surface area contributed by atoms with Crippen molar-refractivity contribution in [2.75, 3.05) is 4.90 Å². The van der Waals surface area contributed by atoms with E-state index in [0.717, 1.165) is 17.1 Å². The Morgan fingerprint density at radius 3 is 1.78 bits per heavy atom. The summed E-state index contributed by atoms with van der Waals surface area (Å²) in [5.74, 6) is 0. The lowest BCUT2D eigenvalue weighted by Crippen LogP contribution is -2.72. The zero-order valence-corrected chi connectivity index (χ0v) is 35.4. The smallest absolute Gasteiger partial charge is 0.181 e. The minimum atomic E-state index is -2.84. The predicted molar refractivity (Wildman–Crippen MR) is 260 cm³/mol. The zero-order chi connectivity index (χ0) is 40.0. The van der Waals surface area contributed by atoms with Gasteiger partial charge in [-0.25, -0.2) is 0 Å². The van der Waals surface area contributed by atoms with E-state index in [1.54, 1.807) is 0 Å². The van der Waals surface area contributed by atoms with E-state index < -0.39 is 8.07 Å². The molecule has 0 atom stereocenters. The van der Waals surface area contributed by atoms with Gasteiger partial charge in [-0.3, -0.25) is 0 Å². The lowest BCUT2D eigenvalue weighted by atomic mass is 9.82. The average Bonchev–Trinajstić information content (AvgIpc) is 3.91. The summed E-state index contributed by atoms with van der Waals surface area (Å²) in [6.45, 7) is 4.76. The Bertz CT molecular complexity index is 3250. The molecule has 60 heavy (non-hydrogen) atoms. The van der Waals surface area contributed by atoms with Gasteiger partial charge >= 0.3 is 0 Å². The molecule has 0 saturated carbocycles. The Balaban J connectivity index is 1.15. The summed E-state index contributed by atoms with van der Waals surface area (Å²) < 4.78 is 2.72. The van der Waals surface area contributed by atoms with E-state index in [1.165, 1.54) is 85.4 Å². The monoisotopic (exact) mass is 799 g/mol. The van der Waals surface area contributed by atoms with E-state index in [-0.39, 0.29) is 5.41 Å². The normalized spacial score (nSPS) is 14.1. The first-order valence-corrected chi connectivity index (χ1v) is 23.7. The third-order valence-corrected chi connectivity index (χ3v) is 19.4. The topological polar surface area (TPSA) is 3.24 Å². The van der Waals surface area contributed by atoms with Crippen LogP contribution in [0.4, 0.5) is 17.1 Å². The van der Waals surface area contributed by atoms with Crippen LogP contribution >= 0.6 is 11.3 Å². The van der Waals surface area contributed by atoms with E-state index in [2.05, 4.69) is 231 Å². The molecule has 284 valence electrons. The molecule has 0 N–H and O–H groups in total. The summed E-state index contributed by atoms with van der Waals surface area (Å²) in [6, 6.07) is 80.0. The minimum Gasteiger partial charge on any atom is -0.310 e. The Hall–Kier alpha value is -6.78. The lowest BCUT2D eigenvalue weighted by Gasteiger charge is -2.33. The molecule has 0 radical (unpaired) electrons. The molecule has 0 unspecified atom stereocenters. The van der Waals surface area contributed by atoms with Crippen LogP contribution in [0.15, 0.2) is 212 Å². The number of thiophene rings is 1. The van der Waals surface area contributed by atoms with Crippen LogP contribution in [0.2, 0.25) is 0 Å². The first-order chi connectivity index (χ1) is 29.5. The highest BCUT2D eigenvalue weighted by molar-refractivity contribution is 7.28. The Labute approximate surface area is 356 Å². The molecule has 1 aromatic heterocycles. The highest BCUT2D eigenvalue weighted by Crippen LogP contribution is 2.51. The fourth-order valence-corrected chi connectivity index (χ4v) is 17.2. The minimum absolute atomic E-state index is 0.128. The maximum Gasteiger partial charge on any atom is 0.181 e. The standard InChI is InChI=1S/C57H41NSSi/c1-57(2)50-27-14-12-25-45(50)46-31-29-41(36-51(46)57)58(40-20-16-19-39(35-40)38-17-6-3-7-18-38)42-30-32-49-54(37-42)60(43-21-8-4-9-22-43,44-23-10-5-11-24-44)53-34-33-48-47-26-13-15-28-52(47)59-56(48)55(49)53/h3-37H,1-2H3. The van der Waals surface area contributed by atoms with Crippen LogP contribution in [0, 0.1) is 0 Å². The van der Waals surface area contributed by atoms with E-state index in [9.17, 15) is 0 Å². The van der Waals surface area contributed by atoms with Gasteiger partial charge in [0.1, 0.15) is 0 Å².